The van der Waals surface area contributed by atoms with Crippen LogP contribution in [0.5, 0.6) is 5.75 Å². The second-order valence-corrected chi connectivity index (χ2v) is 5.77. The molecule has 0 unspecified atom stereocenters. The van der Waals surface area contributed by atoms with E-state index in [1.807, 2.05) is 18.2 Å². The zero-order chi connectivity index (χ0) is 14.7. The van der Waals surface area contributed by atoms with Crippen molar-refractivity contribution in [2.45, 2.75) is 6.54 Å². The van der Waals surface area contributed by atoms with Crippen molar-refractivity contribution >= 4 is 28.6 Å². The molecule has 0 aliphatic rings. The molecule has 0 saturated carbocycles. The second kappa shape index (κ2) is 6.06. The number of methoxy groups -OCH3 is 1. The van der Waals surface area contributed by atoms with E-state index in [0.717, 1.165) is 22.0 Å². The number of rotatable bonds is 5. The lowest BCUT2D eigenvalue weighted by Crippen LogP contribution is -2.02. The average molecular weight is 323 g/mol. The molecule has 9 heteroatoms. The molecule has 1 N–H and O–H groups in total. The van der Waals surface area contributed by atoms with Crippen molar-refractivity contribution in [1.29, 1.82) is 0 Å². The quantitative estimate of drug-likeness (QED) is 0.777. The van der Waals surface area contributed by atoms with Gasteiger partial charge in [-0.1, -0.05) is 11.6 Å². The van der Waals surface area contributed by atoms with Gasteiger partial charge >= 0.3 is 0 Å². The third-order valence-electron chi connectivity index (χ3n) is 2.78. The van der Waals surface area contributed by atoms with Crippen LogP contribution in [0.2, 0.25) is 4.47 Å². The molecule has 0 saturated heterocycles. The number of hydrogen-bond donors (Lipinski definition) is 1. The number of anilines is 1. The number of halogens is 1. The van der Waals surface area contributed by atoms with Gasteiger partial charge in [0.2, 0.25) is 0 Å². The van der Waals surface area contributed by atoms with Gasteiger partial charge in [0.05, 0.1) is 25.0 Å². The predicted octanol–water partition coefficient (Wildman–Crippen LogP) is 2.39. The Bertz CT molecular complexity index is 729. The highest BCUT2D eigenvalue weighted by Gasteiger charge is 2.07. The number of hydrogen-bond acceptors (Lipinski definition) is 7. The summed E-state index contributed by atoms with van der Waals surface area (Å²) in [6, 6.07) is 5.65. The van der Waals surface area contributed by atoms with Gasteiger partial charge < -0.3 is 10.1 Å². The van der Waals surface area contributed by atoms with Crippen LogP contribution < -0.4 is 10.1 Å². The fraction of sp³-hybridized carbons (Fsp3) is 0.167. The summed E-state index contributed by atoms with van der Waals surface area (Å²) in [4.78, 5) is 5.05. The Kier molecular flexibility index (Phi) is 3.98. The predicted molar refractivity (Wildman–Crippen MR) is 80.2 cm³/mol. The zero-order valence-corrected chi connectivity index (χ0v) is 12.6. The SMILES string of the molecule is COc1ccc(-n2cnnn2)cc1NCc1cnc(Cl)s1. The van der Waals surface area contributed by atoms with Crippen LogP contribution in [0.3, 0.4) is 0 Å². The van der Waals surface area contributed by atoms with E-state index in [2.05, 4.69) is 25.8 Å². The zero-order valence-electron chi connectivity index (χ0n) is 11.0. The number of aromatic nitrogens is 5. The molecular weight excluding hydrogens is 312 g/mol. The Labute approximate surface area is 129 Å². The summed E-state index contributed by atoms with van der Waals surface area (Å²) in [6.07, 6.45) is 3.28. The first kappa shape index (κ1) is 13.8. The van der Waals surface area contributed by atoms with E-state index in [1.54, 1.807) is 18.0 Å². The smallest absolute Gasteiger partial charge is 0.183 e. The molecule has 21 heavy (non-hydrogen) atoms. The van der Waals surface area contributed by atoms with Crippen molar-refractivity contribution in [1.82, 2.24) is 25.2 Å². The van der Waals surface area contributed by atoms with Crippen molar-refractivity contribution in [2.75, 3.05) is 12.4 Å². The fourth-order valence-electron chi connectivity index (χ4n) is 1.80. The van der Waals surface area contributed by atoms with E-state index >= 15 is 0 Å². The van der Waals surface area contributed by atoms with E-state index < -0.39 is 0 Å². The summed E-state index contributed by atoms with van der Waals surface area (Å²) in [5.41, 5.74) is 1.68. The molecule has 108 valence electrons. The maximum absolute atomic E-state index is 5.82. The minimum atomic E-state index is 0.529. The van der Waals surface area contributed by atoms with Crippen LogP contribution in [0.1, 0.15) is 4.88 Å². The van der Waals surface area contributed by atoms with Gasteiger partial charge in [0, 0.05) is 11.1 Å². The van der Waals surface area contributed by atoms with Crippen LogP contribution in [0.15, 0.2) is 30.7 Å². The lowest BCUT2D eigenvalue weighted by Gasteiger charge is -2.12. The van der Waals surface area contributed by atoms with Crippen molar-refractivity contribution in [3.05, 3.63) is 40.1 Å². The molecule has 1 aromatic carbocycles. The Balaban J connectivity index is 1.83. The summed E-state index contributed by atoms with van der Waals surface area (Å²) >= 11 is 7.26. The van der Waals surface area contributed by atoms with Gasteiger partial charge in [-0.05, 0) is 28.6 Å². The van der Waals surface area contributed by atoms with Crippen molar-refractivity contribution in [2.24, 2.45) is 0 Å². The van der Waals surface area contributed by atoms with E-state index in [9.17, 15) is 0 Å². The molecule has 2 aromatic heterocycles. The lowest BCUT2D eigenvalue weighted by molar-refractivity contribution is 0.416. The lowest BCUT2D eigenvalue weighted by atomic mass is 10.2. The monoisotopic (exact) mass is 322 g/mol. The Morgan fingerprint density at radius 3 is 3.00 bits per heavy atom. The average Bonchev–Trinajstić information content (AvgIpc) is 3.16. The minimum absolute atomic E-state index is 0.529. The second-order valence-electron chi connectivity index (χ2n) is 4.07. The molecule has 0 aliphatic carbocycles. The van der Waals surface area contributed by atoms with E-state index in [0.29, 0.717) is 11.0 Å². The molecule has 2 heterocycles. The van der Waals surface area contributed by atoms with Gasteiger partial charge in [-0.2, -0.15) is 0 Å². The number of nitrogens with zero attached hydrogens (tertiary/aromatic N) is 5. The molecule has 3 aromatic rings. The van der Waals surface area contributed by atoms with Crippen molar-refractivity contribution < 1.29 is 4.74 Å². The summed E-state index contributed by atoms with van der Waals surface area (Å²) in [5, 5.41) is 14.4. The summed E-state index contributed by atoms with van der Waals surface area (Å²) < 4.78 is 7.46. The third kappa shape index (κ3) is 3.11. The molecule has 0 radical (unpaired) electrons. The van der Waals surface area contributed by atoms with Gasteiger partial charge in [0.25, 0.3) is 0 Å². The third-order valence-corrected chi connectivity index (χ3v) is 3.89. The molecule has 7 nitrogen and oxygen atoms in total. The maximum atomic E-state index is 5.82. The summed E-state index contributed by atoms with van der Waals surface area (Å²) in [5.74, 6) is 0.738. The van der Waals surface area contributed by atoms with Crippen LogP contribution in [-0.2, 0) is 6.54 Å². The minimum Gasteiger partial charge on any atom is -0.495 e. The van der Waals surface area contributed by atoms with Crippen LogP contribution in [0, 0.1) is 0 Å². The van der Waals surface area contributed by atoms with E-state index in [1.165, 1.54) is 17.7 Å². The molecular formula is C12H11ClN6OS. The van der Waals surface area contributed by atoms with Gasteiger partial charge in [-0.25, -0.2) is 9.67 Å². The first-order valence-electron chi connectivity index (χ1n) is 6.02. The molecule has 0 spiro atoms. The van der Waals surface area contributed by atoms with Crippen molar-refractivity contribution in [3.8, 4) is 11.4 Å². The largest absolute Gasteiger partial charge is 0.495 e. The summed E-state index contributed by atoms with van der Waals surface area (Å²) in [7, 11) is 1.63. The molecule has 0 atom stereocenters. The van der Waals surface area contributed by atoms with Gasteiger partial charge in [0.15, 0.2) is 4.47 Å². The molecule has 0 aliphatic heterocycles. The van der Waals surface area contributed by atoms with Crippen LogP contribution in [0.4, 0.5) is 5.69 Å². The first-order chi connectivity index (χ1) is 10.3. The molecule has 0 amide bonds. The van der Waals surface area contributed by atoms with Gasteiger partial charge in [-0.3, -0.25) is 0 Å². The number of ether oxygens (including phenoxy) is 1. The van der Waals surface area contributed by atoms with Crippen LogP contribution >= 0.6 is 22.9 Å². The topological polar surface area (TPSA) is 77.8 Å². The standard InChI is InChI=1S/C12H11ClN6OS/c1-20-11-3-2-8(19-7-16-17-18-19)4-10(11)14-5-9-6-15-12(13)21-9/h2-4,6-7,14H,5H2,1H3. The highest BCUT2D eigenvalue weighted by Crippen LogP contribution is 2.28. The first-order valence-corrected chi connectivity index (χ1v) is 7.21. The van der Waals surface area contributed by atoms with Crippen molar-refractivity contribution in [3.63, 3.8) is 0 Å². The van der Waals surface area contributed by atoms with Gasteiger partial charge in [0.1, 0.15) is 12.1 Å². The fourth-order valence-corrected chi connectivity index (χ4v) is 2.72. The summed E-state index contributed by atoms with van der Waals surface area (Å²) in [6.45, 7) is 0.611. The highest BCUT2D eigenvalue weighted by molar-refractivity contribution is 7.15. The van der Waals surface area contributed by atoms with E-state index in [4.69, 9.17) is 16.3 Å². The molecule has 0 bridgehead atoms. The maximum Gasteiger partial charge on any atom is 0.183 e. The highest BCUT2D eigenvalue weighted by atomic mass is 35.5. The Hall–Kier alpha value is -2.19. The molecule has 3 rings (SSSR count). The number of tetrazole rings is 1. The van der Waals surface area contributed by atoms with Gasteiger partial charge in [-0.15, -0.1) is 16.4 Å². The Morgan fingerprint density at radius 2 is 2.33 bits per heavy atom. The van der Waals surface area contributed by atoms with Crippen LogP contribution in [-0.4, -0.2) is 32.3 Å². The normalized spacial score (nSPS) is 10.6. The van der Waals surface area contributed by atoms with Crippen LogP contribution in [0.25, 0.3) is 5.69 Å². The molecule has 0 fully saturated rings. The van der Waals surface area contributed by atoms with E-state index in [-0.39, 0.29) is 0 Å². The number of nitrogens with one attached hydrogen (secondary N) is 1. The number of thiazole rings is 1. The number of benzene rings is 1. The Morgan fingerprint density at radius 1 is 1.43 bits per heavy atom.